The van der Waals surface area contributed by atoms with Gasteiger partial charge in [0.05, 0.1) is 6.07 Å². The van der Waals surface area contributed by atoms with Gasteiger partial charge in [-0.25, -0.2) is 0 Å². The monoisotopic (exact) mass is 194 g/mol. The number of nitriles is 1. The van der Waals surface area contributed by atoms with Crippen LogP contribution in [0.25, 0.3) is 0 Å². The van der Waals surface area contributed by atoms with Crippen LogP contribution in [0.15, 0.2) is 0 Å². The molecular formula is C11H18N2O. The number of rotatable bonds is 2. The summed E-state index contributed by atoms with van der Waals surface area (Å²) in [6.07, 6.45) is 1.66. The van der Waals surface area contributed by atoms with E-state index in [9.17, 15) is 4.79 Å². The van der Waals surface area contributed by atoms with E-state index >= 15 is 0 Å². The second-order valence-electron chi connectivity index (χ2n) is 4.94. The van der Waals surface area contributed by atoms with Crippen LogP contribution >= 0.6 is 0 Å². The molecule has 1 aliphatic rings. The van der Waals surface area contributed by atoms with Gasteiger partial charge in [-0.2, -0.15) is 5.26 Å². The molecule has 0 atom stereocenters. The Bertz CT molecular complexity index is 279. The topological polar surface area (TPSA) is 44.1 Å². The lowest BCUT2D eigenvalue weighted by atomic mass is 9.93. The van der Waals surface area contributed by atoms with Gasteiger partial charge in [-0.15, -0.1) is 0 Å². The molecule has 1 saturated carbocycles. The molecule has 0 saturated heterocycles. The zero-order valence-electron chi connectivity index (χ0n) is 9.42. The van der Waals surface area contributed by atoms with Crippen molar-refractivity contribution in [3.63, 3.8) is 0 Å². The summed E-state index contributed by atoms with van der Waals surface area (Å²) in [6.45, 7) is 8.24. The molecule has 0 aromatic carbocycles. The van der Waals surface area contributed by atoms with Crippen LogP contribution in [0, 0.1) is 16.7 Å². The molecule has 1 aliphatic carbocycles. The number of carbonyl (C=O) groups excluding carboxylic acids is 1. The average molecular weight is 194 g/mol. The Balaban J connectivity index is 2.84. The predicted molar refractivity (Wildman–Crippen MR) is 54.4 cm³/mol. The summed E-state index contributed by atoms with van der Waals surface area (Å²) in [5.74, 6) is 0.0825. The molecule has 0 aromatic rings. The predicted octanol–water partition coefficient (Wildman–Crippen LogP) is 1.94. The zero-order chi connectivity index (χ0) is 11.0. The Labute approximate surface area is 85.7 Å². The van der Waals surface area contributed by atoms with Crippen LogP contribution in [-0.2, 0) is 4.79 Å². The maximum Gasteiger partial charge on any atom is 0.229 e. The molecule has 0 spiro atoms. The third-order valence-electron chi connectivity index (χ3n) is 2.65. The highest BCUT2D eigenvalue weighted by Crippen LogP contribution is 2.42. The van der Waals surface area contributed by atoms with Crippen molar-refractivity contribution in [1.29, 1.82) is 5.26 Å². The second kappa shape index (κ2) is 3.27. The van der Waals surface area contributed by atoms with Gasteiger partial charge < -0.3 is 4.90 Å². The number of amides is 1. The lowest BCUT2D eigenvalue weighted by molar-refractivity contribution is -0.141. The van der Waals surface area contributed by atoms with E-state index < -0.39 is 5.54 Å². The van der Waals surface area contributed by atoms with Gasteiger partial charge in [0, 0.05) is 12.0 Å². The van der Waals surface area contributed by atoms with Gasteiger partial charge in [-0.3, -0.25) is 4.79 Å². The molecule has 14 heavy (non-hydrogen) atoms. The summed E-state index contributed by atoms with van der Waals surface area (Å²) in [5.41, 5.74) is -0.860. The van der Waals surface area contributed by atoms with E-state index in [4.69, 9.17) is 5.26 Å². The highest BCUT2D eigenvalue weighted by molar-refractivity contribution is 5.83. The van der Waals surface area contributed by atoms with Crippen LogP contribution in [-0.4, -0.2) is 22.9 Å². The minimum absolute atomic E-state index is 0.0825. The second-order valence-corrected chi connectivity index (χ2v) is 4.94. The average Bonchev–Trinajstić information content (AvgIpc) is 2.85. The summed E-state index contributed by atoms with van der Waals surface area (Å²) in [6, 6.07) is 2.26. The number of nitrogens with zero attached hydrogens (tertiary/aromatic N) is 2. The van der Waals surface area contributed by atoms with Gasteiger partial charge in [-0.1, -0.05) is 20.8 Å². The molecule has 0 aliphatic heterocycles. The van der Waals surface area contributed by atoms with Gasteiger partial charge in [0.15, 0.2) is 0 Å². The van der Waals surface area contributed by atoms with Crippen LogP contribution in [0.3, 0.4) is 0 Å². The maximum atomic E-state index is 12.0. The van der Waals surface area contributed by atoms with E-state index in [0.717, 1.165) is 12.8 Å². The molecule has 1 amide bonds. The molecular weight excluding hydrogens is 176 g/mol. The Morgan fingerprint density at radius 2 is 2.00 bits per heavy atom. The van der Waals surface area contributed by atoms with Crippen molar-refractivity contribution in [2.24, 2.45) is 5.41 Å². The highest BCUT2D eigenvalue weighted by Gasteiger charge is 2.51. The van der Waals surface area contributed by atoms with Crippen molar-refractivity contribution in [2.45, 2.75) is 46.1 Å². The van der Waals surface area contributed by atoms with E-state index in [2.05, 4.69) is 6.07 Å². The first-order valence-corrected chi connectivity index (χ1v) is 5.11. The van der Waals surface area contributed by atoms with Gasteiger partial charge >= 0.3 is 0 Å². The molecule has 0 N–H and O–H groups in total. The van der Waals surface area contributed by atoms with Crippen LogP contribution in [0.2, 0.25) is 0 Å². The van der Waals surface area contributed by atoms with E-state index in [1.807, 2.05) is 27.7 Å². The van der Waals surface area contributed by atoms with Crippen LogP contribution in [0.1, 0.15) is 40.5 Å². The van der Waals surface area contributed by atoms with Crippen LogP contribution in [0.4, 0.5) is 0 Å². The first kappa shape index (κ1) is 11.0. The maximum absolute atomic E-state index is 12.0. The van der Waals surface area contributed by atoms with Crippen LogP contribution < -0.4 is 0 Å². The van der Waals surface area contributed by atoms with E-state index in [1.165, 1.54) is 0 Å². The Hall–Kier alpha value is -1.04. The molecule has 3 heteroatoms. The van der Waals surface area contributed by atoms with Crippen molar-refractivity contribution in [1.82, 2.24) is 4.90 Å². The van der Waals surface area contributed by atoms with Crippen molar-refractivity contribution in [3.8, 4) is 6.07 Å². The highest BCUT2D eigenvalue weighted by atomic mass is 16.2. The van der Waals surface area contributed by atoms with Crippen molar-refractivity contribution < 1.29 is 4.79 Å². The zero-order valence-corrected chi connectivity index (χ0v) is 9.42. The summed E-state index contributed by atoms with van der Waals surface area (Å²) in [4.78, 5) is 13.7. The fourth-order valence-corrected chi connectivity index (χ4v) is 1.61. The quantitative estimate of drug-likeness (QED) is 0.674. The number of hydrogen-bond acceptors (Lipinski definition) is 2. The molecule has 3 nitrogen and oxygen atoms in total. The molecule has 78 valence electrons. The summed E-state index contributed by atoms with van der Waals surface area (Å²) >= 11 is 0. The van der Waals surface area contributed by atoms with Gasteiger partial charge in [0.2, 0.25) is 5.91 Å². The molecule has 0 radical (unpaired) electrons. The van der Waals surface area contributed by atoms with Crippen molar-refractivity contribution in [2.75, 3.05) is 6.54 Å². The molecule has 1 fully saturated rings. The Kier molecular flexibility index (Phi) is 2.58. The van der Waals surface area contributed by atoms with E-state index in [1.54, 1.807) is 4.90 Å². The van der Waals surface area contributed by atoms with Crippen molar-refractivity contribution >= 4 is 5.91 Å². The molecule has 1 rings (SSSR count). The Morgan fingerprint density at radius 3 is 2.21 bits per heavy atom. The standard InChI is InChI=1S/C11H18N2O/c1-5-13(9(14)10(2,3)4)11(8-12)6-7-11/h5-7H2,1-4H3. The minimum Gasteiger partial charge on any atom is -0.324 e. The lowest BCUT2D eigenvalue weighted by Gasteiger charge is -2.32. The first-order valence-electron chi connectivity index (χ1n) is 5.11. The van der Waals surface area contributed by atoms with Gasteiger partial charge in [0.1, 0.15) is 5.54 Å². The number of carbonyl (C=O) groups is 1. The van der Waals surface area contributed by atoms with E-state index in [-0.39, 0.29) is 11.3 Å². The molecule has 0 bridgehead atoms. The minimum atomic E-state index is -0.473. The SMILES string of the molecule is CCN(C(=O)C(C)(C)C)C1(C#N)CC1. The van der Waals surface area contributed by atoms with E-state index in [0.29, 0.717) is 6.54 Å². The van der Waals surface area contributed by atoms with Crippen molar-refractivity contribution in [3.05, 3.63) is 0 Å². The summed E-state index contributed by atoms with van der Waals surface area (Å²) in [5, 5.41) is 9.03. The van der Waals surface area contributed by atoms with Gasteiger partial charge in [0.25, 0.3) is 0 Å². The normalized spacial score (nSPS) is 18.5. The fourth-order valence-electron chi connectivity index (χ4n) is 1.61. The third-order valence-corrected chi connectivity index (χ3v) is 2.65. The smallest absolute Gasteiger partial charge is 0.229 e. The summed E-state index contributed by atoms with van der Waals surface area (Å²) in [7, 11) is 0. The molecule has 0 heterocycles. The van der Waals surface area contributed by atoms with Gasteiger partial charge in [-0.05, 0) is 19.8 Å². The fraction of sp³-hybridized carbons (Fsp3) is 0.818. The Morgan fingerprint density at radius 1 is 1.50 bits per heavy atom. The molecule has 0 unspecified atom stereocenters. The van der Waals surface area contributed by atoms with Crippen LogP contribution in [0.5, 0.6) is 0 Å². The third kappa shape index (κ3) is 1.75. The largest absolute Gasteiger partial charge is 0.324 e. The summed E-state index contributed by atoms with van der Waals surface area (Å²) < 4.78 is 0. The first-order chi connectivity index (χ1) is 6.37. The molecule has 0 aromatic heterocycles. The lowest BCUT2D eigenvalue weighted by Crippen LogP contribution is -2.46. The number of hydrogen-bond donors (Lipinski definition) is 0.